The molecule has 1 amide bonds. The quantitative estimate of drug-likeness (QED) is 0.586. The standard InChI is InChI=1S/C14H9N3O4/c15-13(18)10-6-9(17(19)20)7-11-12(10)21-14(16-11)8-4-2-1-3-5-8/h1-7H,(H2,15,18). The van der Waals surface area contributed by atoms with Gasteiger partial charge in [-0.15, -0.1) is 0 Å². The molecule has 104 valence electrons. The fourth-order valence-corrected chi connectivity index (χ4v) is 2.01. The Morgan fingerprint density at radius 3 is 2.57 bits per heavy atom. The minimum atomic E-state index is -0.806. The summed E-state index contributed by atoms with van der Waals surface area (Å²) in [6.07, 6.45) is 0. The van der Waals surface area contributed by atoms with Crippen LogP contribution in [0.4, 0.5) is 5.69 Å². The number of nitrogens with zero attached hydrogens (tertiary/aromatic N) is 2. The molecule has 2 N–H and O–H groups in total. The zero-order valence-corrected chi connectivity index (χ0v) is 10.6. The first-order chi connectivity index (χ1) is 10.1. The van der Waals surface area contributed by atoms with Crippen LogP contribution in [0.2, 0.25) is 0 Å². The van der Waals surface area contributed by atoms with Gasteiger partial charge in [0.15, 0.2) is 5.58 Å². The lowest BCUT2D eigenvalue weighted by Gasteiger charge is -1.96. The fraction of sp³-hybridized carbons (Fsp3) is 0. The highest BCUT2D eigenvalue weighted by Crippen LogP contribution is 2.29. The maximum Gasteiger partial charge on any atom is 0.272 e. The molecular weight excluding hydrogens is 274 g/mol. The molecule has 3 aromatic rings. The number of hydrogen-bond acceptors (Lipinski definition) is 5. The van der Waals surface area contributed by atoms with E-state index in [1.54, 1.807) is 12.1 Å². The van der Waals surface area contributed by atoms with E-state index in [-0.39, 0.29) is 28.2 Å². The fourth-order valence-electron chi connectivity index (χ4n) is 2.01. The van der Waals surface area contributed by atoms with Gasteiger partial charge in [0.1, 0.15) is 5.52 Å². The summed E-state index contributed by atoms with van der Waals surface area (Å²) in [6, 6.07) is 11.4. The first kappa shape index (κ1) is 12.8. The van der Waals surface area contributed by atoms with Crippen molar-refractivity contribution in [2.45, 2.75) is 0 Å². The molecular formula is C14H9N3O4. The van der Waals surface area contributed by atoms with Crippen LogP contribution in [-0.4, -0.2) is 15.8 Å². The largest absolute Gasteiger partial charge is 0.435 e. The lowest BCUT2D eigenvalue weighted by molar-refractivity contribution is -0.384. The van der Waals surface area contributed by atoms with Crippen LogP contribution in [0.5, 0.6) is 0 Å². The van der Waals surface area contributed by atoms with Crippen molar-refractivity contribution in [3.05, 3.63) is 58.1 Å². The molecule has 7 heteroatoms. The van der Waals surface area contributed by atoms with Crippen molar-refractivity contribution in [3.8, 4) is 11.5 Å². The number of amides is 1. The van der Waals surface area contributed by atoms with Crippen LogP contribution in [-0.2, 0) is 0 Å². The molecule has 1 heterocycles. The Bertz CT molecular complexity index is 855. The first-order valence-electron chi connectivity index (χ1n) is 6.00. The molecule has 7 nitrogen and oxygen atoms in total. The van der Waals surface area contributed by atoms with E-state index in [1.807, 2.05) is 18.2 Å². The highest BCUT2D eigenvalue weighted by atomic mass is 16.6. The third-order valence-corrected chi connectivity index (χ3v) is 2.97. The van der Waals surface area contributed by atoms with Crippen LogP contribution in [0.25, 0.3) is 22.6 Å². The van der Waals surface area contributed by atoms with Crippen molar-refractivity contribution >= 4 is 22.7 Å². The molecule has 0 aliphatic rings. The van der Waals surface area contributed by atoms with Gasteiger partial charge in [0.2, 0.25) is 5.89 Å². The number of nitro groups is 1. The highest BCUT2D eigenvalue weighted by Gasteiger charge is 2.20. The highest BCUT2D eigenvalue weighted by molar-refractivity contribution is 6.04. The third-order valence-electron chi connectivity index (χ3n) is 2.97. The lowest BCUT2D eigenvalue weighted by atomic mass is 10.1. The average Bonchev–Trinajstić information content (AvgIpc) is 2.90. The smallest absolute Gasteiger partial charge is 0.272 e. The summed E-state index contributed by atoms with van der Waals surface area (Å²) in [5.74, 6) is -0.534. The molecule has 0 saturated carbocycles. The zero-order chi connectivity index (χ0) is 15.0. The van der Waals surface area contributed by atoms with Crippen LogP contribution >= 0.6 is 0 Å². The second-order valence-corrected chi connectivity index (χ2v) is 4.35. The number of nitro benzene ring substituents is 1. The van der Waals surface area contributed by atoms with Crippen molar-refractivity contribution in [1.29, 1.82) is 0 Å². The number of benzene rings is 2. The number of aromatic nitrogens is 1. The van der Waals surface area contributed by atoms with Crippen molar-refractivity contribution in [1.82, 2.24) is 4.98 Å². The van der Waals surface area contributed by atoms with Gasteiger partial charge < -0.3 is 10.2 Å². The molecule has 0 atom stereocenters. The molecule has 0 unspecified atom stereocenters. The average molecular weight is 283 g/mol. The Labute approximate surface area is 118 Å². The molecule has 0 radical (unpaired) electrons. The van der Waals surface area contributed by atoms with E-state index in [4.69, 9.17) is 10.2 Å². The van der Waals surface area contributed by atoms with Gasteiger partial charge in [-0.05, 0) is 12.1 Å². The Morgan fingerprint density at radius 2 is 1.95 bits per heavy atom. The van der Waals surface area contributed by atoms with Crippen LogP contribution in [0.1, 0.15) is 10.4 Å². The van der Waals surface area contributed by atoms with Crippen molar-refractivity contribution < 1.29 is 14.1 Å². The number of carbonyl (C=O) groups excluding carboxylic acids is 1. The Hall–Kier alpha value is -3.22. The minimum absolute atomic E-state index is 0.0612. The van der Waals surface area contributed by atoms with Gasteiger partial charge in [-0.2, -0.15) is 0 Å². The summed E-state index contributed by atoms with van der Waals surface area (Å²) in [5.41, 5.74) is 5.99. The summed E-state index contributed by atoms with van der Waals surface area (Å²) in [5, 5.41) is 10.9. The van der Waals surface area contributed by atoms with Crippen LogP contribution in [0.15, 0.2) is 46.9 Å². The normalized spacial score (nSPS) is 10.7. The van der Waals surface area contributed by atoms with Gasteiger partial charge in [-0.3, -0.25) is 14.9 Å². The minimum Gasteiger partial charge on any atom is -0.435 e. The molecule has 0 saturated heterocycles. The molecule has 21 heavy (non-hydrogen) atoms. The number of fused-ring (bicyclic) bond motifs is 1. The monoisotopic (exact) mass is 283 g/mol. The maximum absolute atomic E-state index is 11.4. The maximum atomic E-state index is 11.4. The number of oxazole rings is 1. The van der Waals surface area contributed by atoms with Gasteiger partial charge in [0, 0.05) is 17.7 Å². The van der Waals surface area contributed by atoms with E-state index < -0.39 is 10.8 Å². The van der Waals surface area contributed by atoms with Crippen LogP contribution in [0.3, 0.4) is 0 Å². The van der Waals surface area contributed by atoms with Crippen LogP contribution in [0, 0.1) is 10.1 Å². The predicted octanol–water partition coefficient (Wildman–Crippen LogP) is 2.50. The number of nitrogens with two attached hydrogens (primary N) is 1. The van der Waals surface area contributed by atoms with E-state index in [0.29, 0.717) is 5.56 Å². The topological polar surface area (TPSA) is 112 Å². The number of rotatable bonds is 3. The zero-order valence-electron chi connectivity index (χ0n) is 10.6. The van der Waals surface area contributed by atoms with Crippen LogP contribution < -0.4 is 5.73 Å². The molecule has 0 bridgehead atoms. The van der Waals surface area contributed by atoms with Gasteiger partial charge >= 0.3 is 0 Å². The van der Waals surface area contributed by atoms with Crippen molar-refractivity contribution in [2.75, 3.05) is 0 Å². The Balaban J connectivity index is 2.27. The van der Waals surface area contributed by atoms with E-state index in [1.165, 1.54) is 6.07 Å². The second-order valence-electron chi connectivity index (χ2n) is 4.35. The molecule has 0 fully saturated rings. The molecule has 3 rings (SSSR count). The van der Waals surface area contributed by atoms with Gasteiger partial charge in [0.25, 0.3) is 11.6 Å². The number of non-ortho nitro benzene ring substituents is 1. The summed E-state index contributed by atoms with van der Waals surface area (Å²) in [6.45, 7) is 0. The molecule has 0 aliphatic carbocycles. The number of primary amides is 1. The second kappa shape index (κ2) is 4.71. The first-order valence-corrected chi connectivity index (χ1v) is 6.00. The van der Waals surface area contributed by atoms with Crippen molar-refractivity contribution in [3.63, 3.8) is 0 Å². The van der Waals surface area contributed by atoms with Gasteiger partial charge in [-0.1, -0.05) is 18.2 Å². The van der Waals surface area contributed by atoms with E-state index in [9.17, 15) is 14.9 Å². The molecule has 2 aromatic carbocycles. The van der Waals surface area contributed by atoms with Gasteiger partial charge in [0.05, 0.1) is 10.5 Å². The predicted molar refractivity (Wildman–Crippen MR) is 74.6 cm³/mol. The number of carbonyl (C=O) groups is 1. The van der Waals surface area contributed by atoms with E-state index in [2.05, 4.69) is 4.98 Å². The Morgan fingerprint density at radius 1 is 1.24 bits per heavy atom. The SMILES string of the molecule is NC(=O)c1cc([N+](=O)[O-])cc2nc(-c3ccccc3)oc12. The summed E-state index contributed by atoms with van der Waals surface area (Å²) < 4.78 is 5.55. The van der Waals surface area contributed by atoms with Crippen molar-refractivity contribution in [2.24, 2.45) is 5.73 Å². The summed E-state index contributed by atoms with van der Waals surface area (Å²) in [4.78, 5) is 25.9. The van der Waals surface area contributed by atoms with Gasteiger partial charge in [-0.25, -0.2) is 4.98 Å². The molecule has 0 aliphatic heterocycles. The van der Waals surface area contributed by atoms with E-state index in [0.717, 1.165) is 6.07 Å². The molecule has 0 spiro atoms. The van der Waals surface area contributed by atoms with E-state index >= 15 is 0 Å². The summed E-state index contributed by atoms with van der Waals surface area (Å²) in [7, 11) is 0. The lowest BCUT2D eigenvalue weighted by Crippen LogP contribution is -2.11. The third kappa shape index (κ3) is 2.20. The number of hydrogen-bond donors (Lipinski definition) is 1. The Kier molecular flexibility index (Phi) is 2.87. The molecule has 1 aromatic heterocycles. The summed E-state index contributed by atoms with van der Waals surface area (Å²) >= 11 is 0.